The predicted molar refractivity (Wildman–Crippen MR) is 61.7 cm³/mol. The lowest BCUT2D eigenvalue weighted by Gasteiger charge is -2.13. The second-order valence-electron chi connectivity index (χ2n) is 3.65. The minimum atomic E-state index is -0.795. The Bertz CT molecular complexity index is 363. The molecule has 3 N–H and O–H groups in total. The number of primary amides is 1. The second kappa shape index (κ2) is 5.90. The van der Waals surface area contributed by atoms with Crippen LogP contribution in [0.5, 0.6) is 0 Å². The molecule has 1 aromatic rings. The molecule has 0 aromatic heterocycles. The van der Waals surface area contributed by atoms with Crippen LogP contribution in [0, 0.1) is 5.92 Å². The molecule has 0 heterocycles. The van der Waals surface area contributed by atoms with Crippen molar-refractivity contribution in [3.8, 4) is 0 Å². The molecule has 16 heavy (non-hydrogen) atoms. The Morgan fingerprint density at radius 3 is 2.44 bits per heavy atom. The van der Waals surface area contributed by atoms with Gasteiger partial charge < -0.3 is 5.73 Å². The van der Waals surface area contributed by atoms with Gasteiger partial charge in [-0.25, -0.2) is 4.79 Å². The van der Waals surface area contributed by atoms with Crippen molar-refractivity contribution in [2.75, 3.05) is 0 Å². The summed E-state index contributed by atoms with van der Waals surface area (Å²) in [4.78, 5) is 22.1. The Kier molecular flexibility index (Phi) is 4.51. The van der Waals surface area contributed by atoms with E-state index in [0.29, 0.717) is 12.8 Å². The van der Waals surface area contributed by atoms with Gasteiger partial charge in [0.05, 0.1) is 0 Å². The molecule has 0 aliphatic heterocycles. The van der Waals surface area contributed by atoms with Crippen LogP contribution in [0.4, 0.5) is 4.79 Å². The van der Waals surface area contributed by atoms with Crippen LogP contribution in [0.25, 0.3) is 0 Å². The maximum Gasteiger partial charge on any atom is 0.318 e. The first kappa shape index (κ1) is 12.2. The highest BCUT2D eigenvalue weighted by Gasteiger charge is 2.17. The van der Waals surface area contributed by atoms with Gasteiger partial charge in [-0.05, 0) is 18.4 Å². The molecule has 1 atom stereocenters. The molecule has 1 rings (SSSR count). The van der Waals surface area contributed by atoms with Crippen LogP contribution in [0.15, 0.2) is 30.3 Å². The second-order valence-corrected chi connectivity index (χ2v) is 3.65. The van der Waals surface area contributed by atoms with Crippen LogP contribution in [0.2, 0.25) is 0 Å². The van der Waals surface area contributed by atoms with Crippen molar-refractivity contribution in [2.45, 2.75) is 19.8 Å². The van der Waals surface area contributed by atoms with E-state index in [1.54, 1.807) is 0 Å². The summed E-state index contributed by atoms with van der Waals surface area (Å²) in [6.07, 6.45) is 1.30. The average Bonchev–Trinajstić information content (AvgIpc) is 2.26. The van der Waals surface area contributed by atoms with Gasteiger partial charge in [0.1, 0.15) is 0 Å². The first-order chi connectivity index (χ1) is 7.63. The maximum atomic E-state index is 11.6. The number of hydrogen-bond donors (Lipinski definition) is 2. The zero-order valence-corrected chi connectivity index (χ0v) is 9.27. The quantitative estimate of drug-likeness (QED) is 0.806. The third kappa shape index (κ3) is 3.73. The third-order valence-corrected chi connectivity index (χ3v) is 2.43. The fourth-order valence-electron chi connectivity index (χ4n) is 1.54. The highest BCUT2D eigenvalue weighted by molar-refractivity contribution is 5.94. The molecule has 3 amide bonds. The van der Waals surface area contributed by atoms with E-state index in [0.717, 1.165) is 5.56 Å². The SMILES string of the molecule is CC[C@H](Cc1ccccc1)C(=O)NC(N)=O. The van der Waals surface area contributed by atoms with E-state index in [-0.39, 0.29) is 11.8 Å². The summed E-state index contributed by atoms with van der Waals surface area (Å²) in [5.74, 6) is -0.520. The van der Waals surface area contributed by atoms with Gasteiger partial charge in [0.25, 0.3) is 0 Å². The fraction of sp³-hybridized carbons (Fsp3) is 0.333. The maximum absolute atomic E-state index is 11.6. The van der Waals surface area contributed by atoms with Crippen molar-refractivity contribution in [1.82, 2.24) is 5.32 Å². The van der Waals surface area contributed by atoms with Gasteiger partial charge in [-0.2, -0.15) is 0 Å². The highest BCUT2D eigenvalue weighted by atomic mass is 16.2. The summed E-state index contributed by atoms with van der Waals surface area (Å²) >= 11 is 0. The topological polar surface area (TPSA) is 72.2 Å². The monoisotopic (exact) mass is 220 g/mol. The predicted octanol–water partition coefficient (Wildman–Crippen LogP) is 1.45. The van der Waals surface area contributed by atoms with Crippen molar-refractivity contribution in [3.05, 3.63) is 35.9 Å². The first-order valence-corrected chi connectivity index (χ1v) is 5.27. The van der Waals surface area contributed by atoms with E-state index < -0.39 is 6.03 Å². The lowest BCUT2D eigenvalue weighted by molar-refractivity contribution is -0.123. The Morgan fingerprint density at radius 1 is 1.31 bits per heavy atom. The minimum absolute atomic E-state index is 0.213. The fourth-order valence-corrected chi connectivity index (χ4v) is 1.54. The molecule has 0 unspecified atom stereocenters. The van der Waals surface area contributed by atoms with Gasteiger partial charge in [0, 0.05) is 5.92 Å². The molecule has 0 fully saturated rings. The molecular formula is C12H16N2O2. The van der Waals surface area contributed by atoms with Gasteiger partial charge >= 0.3 is 6.03 Å². The Morgan fingerprint density at radius 2 is 1.94 bits per heavy atom. The van der Waals surface area contributed by atoms with E-state index in [9.17, 15) is 9.59 Å². The molecule has 0 saturated carbocycles. The molecule has 0 aliphatic rings. The minimum Gasteiger partial charge on any atom is -0.351 e. The number of hydrogen-bond acceptors (Lipinski definition) is 2. The Labute approximate surface area is 94.8 Å². The van der Waals surface area contributed by atoms with Gasteiger partial charge in [0.2, 0.25) is 5.91 Å². The number of nitrogens with two attached hydrogens (primary N) is 1. The third-order valence-electron chi connectivity index (χ3n) is 2.43. The molecule has 0 saturated heterocycles. The number of carbonyl (C=O) groups excluding carboxylic acids is 2. The summed E-state index contributed by atoms with van der Waals surface area (Å²) in [5, 5.41) is 2.11. The largest absolute Gasteiger partial charge is 0.351 e. The number of benzene rings is 1. The van der Waals surface area contributed by atoms with Gasteiger partial charge in [-0.3, -0.25) is 10.1 Å². The van der Waals surface area contributed by atoms with Crippen molar-refractivity contribution in [2.24, 2.45) is 11.7 Å². The number of nitrogens with one attached hydrogen (secondary N) is 1. The normalized spacial score (nSPS) is 11.8. The van der Waals surface area contributed by atoms with E-state index in [1.165, 1.54) is 0 Å². The van der Waals surface area contributed by atoms with E-state index in [4.69, 9.17) is 5.73 Å². The number of carbonyl (C=O) groups is 2. The van der Waals surface area contributed by atoms with Gasteiger partial charge in [-0.15, -0.1) is 0 Å². The molecule has 86 valence electrons. The average molecular weight is 220 g/mol. The molecular weight excluding hydrogens is 204 g/mol. The van der Waals surface area contributed by atoms with Crippen LogP contribution in [-0.2, 0) is 11.2 Å². The van der Waals surface area contributed by atoms with Crippen molar-refractivity contribution in [1.29, 1.82) is 0 Å². The van der Waals surface area contributed by atoms with E-state index >= 15 is 0 Å². The van der Waals surface area contributed by atoms with E-state index in [1.807, 2.05) is 37.3 Å². The lowest BCUT2D eigenvalue weighted by atomic mass is 9.96. The number of rotatable bonds is 4. The van der Waals surface area contributed by atoms with Crippen LogP contribution in [0.1, 0.15) is 18.9 Å². The molecule has 0 radical (unpaired) electrons. The van der Waals surface area contributed by atoms with Crippen LogP contribution >= 0.6 is 0 Å². The number of amides is 3. The van der Waals surface area contributed by atoms with E-state index in [2.05, 4.69) is 5.32 Å². The Balaban J connectivity index is 2.62. The molecule has 1 aromatic carbocycles. The highest BCUT2D eigenvalue weighted by Crippen LogP contribution is 2.12. The molecule has 4 nitrogen and oxygen atoms in total. The molecule has 0 aliphatic carbocycles. The van der Waals surface area contributed by atoms with Gasteiger partial charge in [0.15, 0.2) is 0 Å². The van der Waals surface area contributed by atoms with Crippen molar-refractivity contribution < 1.29 is 9.59 Å². The van der Waals surface area contributed by atoms with Crippen molar-refractivity contribution in [3.63, 3.8) is 0 Å². The summed E-state index contributed by atoms with van der Waals surface area (Å²) in [6.45, 7) is 1.91. The number of urea groups is 1. The van der Waals surface area contributed by atoms with Crippen LogP contribution in [0.3, 0.4) is 0 Å². The summed E-state index contributed by atoms with van der Waals surface area (Å²) in [5.41, 5.74) is 5.99. The molecule has 0 spiro atoms. The lowest BCUT2D eigenvalue weighted by Crippen LogP contribution is -2.39. The van der Waals surface area contributed by atoms with Gasteiger partial charge in [-0.1, -0.05) is 37.3 Å². The smallest absolute Gasteiger partial charge is 0.318 e. The standard InChI is InChI=1S/C12H16N2O2/c1-2-10(11(15)14-12(13)16)8-9-6-4-3-5-7-9/h3-7,10H,2,8H2,1H3,(H3,13,14,15,16)/t10-/m1/s1. The van der Waals surface area contributed by atoms with Crippen LogP contribution in [-0.4, -0.2) is 11.9 Å². The zero-order chi connectivity index (χ0) is 12.0. The summed E-state index contributed by atoms with van der Waals surface area (Å²) in [6, 6.07) is 8.90. The zero-order valence-electron chi connectivity index (χ0n) is 9.27. The molecule has 4 heteroatoms. The van der Waals surface area contributed by atoms with Crippen LogP contribution < -0.4 is 11.1 Å². The summed E-state index contributed by atoms with van der Waals surface area (Å²) < 4.78 is 0. The summed E-state index contributed by atoms with van der Waals surface area (Å²) in [7, 11) is 0. The Hall–Kier alpha value is -1.84. The van der Waals surface area contributed by atoms with Crippen molar-refractivity contribution >= 4 is 11.9 Å². The molecule has 0 bridgehead atoms. The first-order valence-electron chi connectivity index (χ1n) is 5.27. The number of imide groups is 1.